The largest absolute Gasteiger partial charge is 0.303 e. The van der Waals surface area contributed by atoms with Crippen LogP contribution in [0.2, 0.25) is 5.02 Å². The molecule has 0 amide bonds. The minimum absolute atomic E-state index is 0.338. The second-order valence-electron chi connectivity index (χ2n) is 2.67. The number of carbonyl (C=O) groups is 2. The van der Waals surface area contributed by atoms with Crippen LogP contribution < -0.4 is 0 Å². The quantitative estimate of drug-likeness (QED) is 0.713. The van der Waals surface area contributed by atoms with E-state index in [1.165, 1.54) is 0 Å². The van der Waals surface area contributed by atoms with Crippen LogP contribution in [0.3, 0.4) is 0 Å². The van der Waals surface area contributed by atoms with Crippen molar-refractivity contribution in [1.82, 2.24) is 0 Å². The topological polar surface area (TPSA) is 34.1 Å². The molecule has 1 aromatic rings. The minimum Gasteiger partial charge on any atom is -0.303 e. The molecule has 0 bridgehead atoms. The van der Waals surface area contributed by atoms with Gasteiger partial charge in [-0.25, -0.2) is 0 Å². The van der Waals surface area contributed by atoms with Crippen LogP contribution in [0.15, 0.2) is 24.3 Å². The number of aldehydes is 2. The Kier molecular flexibility index (Phi) is 4.08. The van der Waals surface area contributed by atoms with Crippen molar-refractivity contribution >= 4 is 30.2 Å². The van der Waals surface area contributed by atoms with Crippen LogP contribution in [-0.4, -0.2) is 12.6 Å². The molecule has 2 nitrogen and oxygen atoms in total. The number of carbonyl (C=O) groups excluding carboxylic acids is 2. The van der Waals surface area contributed by atoms with Gasteiger partial charge in [-0.05, 0) is 11.6 Å². The zero-order chi connectivity index (χ0) is 10.4. The Labute approximate surface area is 87.2 Å². The zero-order valence-corrected chi connectivity index (χ0v) is 8.20. The van der Waals surface area contributed by atoms with Gasteiger partial charge in [-0.15, -0.1) is 0 Å². The van der Waals surface area contributed by atoms with Gasteiger partial charge in [-0.3, -0.25) is 4.79 Å². The standard InChI is InChI=1S/C11H9ClO2/c12-11-6-3-5-9(10(11)8-14)4-1-2-7-13/h1,3-8H,2H2. The number of rotatable bonds is 4. The summed E-state index contributed by atoms with van der Waals surface area (Å²) in [7, 11) is 0. The first-order valence-corrected chi connectivity index (χ1v) is 4.51. The summed E-state index contributed by atoms with van der Waals surface area (Å²) in [5, 5.41) is 0.424. The fraction of sp³-hybridized carbons (Fsp3) is 0.0909. The van der Waals surface area contributed by atoms with Gasteiger partial charge >= 0.3 is 0 Å². The number of halogens is 1. The molecule has 0 aliphatic heterocycles. The highest BCUT2D eigenvalue weighted by Gasteiger charge is 2.01. The molecule has 3 heteroatoms. The summed E-state index contributed by atoms with van der Waals surface area (Å²) in [6.07, 6.45) is 5.24. The van der Waals surface area contributed by atoms with Crippen LogP contribution in [0.25, 0.3) is 6.08 Å². The number of hydrogen-bond donors (Lipinski definition) is 0. The molecule has 0 atom stereocenters. The molecule has 0 aromatic heterocycles. The van der Waals surface area contributed by atoms with Crippen LogP contribution in [0.4, 0.5) is 0 Å². The SMILES string of the molecule is O=CCC=Cc1cccc(Cl)c1C=O. The number of hydrogen-bond acceptors (Lipinski definition) is 2. The normalized spacial score (nSPS) is 10.4. The molecule has 14 heavy (non-hydrogen) atoms. The highest BCUT2D eigenvalue weighted by molar-refractivity contribution is 6.33. The van der Waals surface area contributed by atoms with Crippen molar-refractivity contribution in [3.63, 3.8) is 0 Å². The van der Waals surface area contributed by atoms with E-state index < -0.39 is 0 Å². The lowest BCUT2D eigenvalue weighted by Crippen LogP contribution is -1.86. The third kappa shape index (κ3) is 2.54. The fourth-order valence-electron chi connectivity index (χ4n) is 1.07. The Morgan fingerprint density at radius 3 is 2.71 bits per heavy atom. The molecule has 0 aliphatic carbocycles. The lowest BCUT2D eigenvalue weighted by Gasteiger charge is -2.00. The summed E-state index contributed by atoms with van der Waals surface area (Å²) in [6, 6.07) is 5.19. The van der Waals surface area contributed by atoms with Gasteiger partial charge in [0.2, 0.25) is 0 Å². The van der Waals surface area contributed by atoms with Gasteiger partial charge in [-0.2, -0.15) is 0 Å². The fourth-order valence-corrected chi connectivity index (χ4v) is 1.30. The Balaban J connectivity index is 3.01. The van der Waals surface area contributed by atoms with Gasteiger partial charge in [0, 0.05) is 12.0 Å². The van der Waals surface area contributed by atoms with E-state index in [9.17, 15) is 9.59 Å². The average Bonchev–Trinajstić information content (AvgIpc) is 2.18. The smallest absolute Gasteiger partial charge is 0.152 e. The molecule has 1 aromatic carbocycles. The maximum absolute atomic E-state index is 10.7. The summed E-state index contributed by atoms with van der Waals surface area (Å²) in [5.41, 5.74) is 1.19. The molecule has 0 unspecified atom stereocenters. The van der Waals surface area contributed by atoms with Crippen molar-refractivity contribution in [2.24, 2.45) is 0 Å². The molecule has 0 spiro atoms. The van der Waals surface area contributed by atoms with Crippen molar-refractivity contribution in [3.8, 4) is 0 Å². The van der Waals surface area contributed by atoms with Crippen molar-refractivity contribution in [2.45, 2.75) is 6.42 Å². The van der Waals surface area contributed by atoms with E-state index in [1.807, 2.05) is 0 Å². The molecule has 0 N–H and O–H groups in total. The van der Waals surface area contributed by atoms with Crippen molar-refractivity contribution in [1.29, 1.82) is 0 Å². The summed E-state index contributed by atoms with van der Waals surface area (Å²) in [6.45, 7) is 0. The molecular formula is C11H9ClO2. The van der Waals surface area contributed by atoms with E-state index in [-0.39, 0.29) is 0 Å². The molecule has 0 radical (unpaired) electrons. The average molecular weight is 209 g/mol. The van der Waals surface area contributed by atoms with Gasteiger partial charge in [0.1, 0.15) is 6.29 Å². The molecule has 72 valence electrons. The van der Waals surface area contributed by atoms with Crippen molar-refractivity contribution in [3.05, 3.63) is 40.4 Å². The van der Waals surface area contributed by atoms with Crippen molar-refractivity contribution in [2.75, 3.05) is 0 Å². The Morgan fingerprint density at radius 2 is 2.07 bits per heavy atom. The van der Waals surface area contributed by atoms with Crippen LogP contribution in [0, 0.1) is 0 Å². The van der Waals surface area contributed by atoms with E-state index in [1.54, 1.807) is 30.4 Å². The summed E-state index contributed by atoms with van der Waals surface area (Å²) in [4.78, 5) is 20.8. The van der Waals surface area contributed by atoms with Gasteiger partial charge in [0.15, 0.2) is 6.29 Å². The maximum Gasteiger partial charge on any atom is 0.152 e. The van der Waals surface area contributed by atoms with E-state index in [2.05, 4.69) is 0 Å². The number of benzene rings is 1. The van der Waals surface area contributed by atoms with Gasteiger partial charge in [-0.1, -0.05) is 35.9 Å². The molecule has 0 saturated carbocycles. The molecule has 0 aliphatic rings. The summed E-state index contributed by atoms with van der Waals surface area (Å²) in [5.74, 6) is 0. The first-order valence-electron chi connectivity index (χ1n) is 4.13. The lowest BCUT2D eigenvalue weighted by atomic mass is 10.1. The second-order valence-corrected chi connectivity index (χ2v) is 3.07. The third-order valence-corrected chi connectivity index (χ3v) is 2.06. The van der Waals surface area contributed by atoms with Crippen LogP contribution in [-0.2, 0) is 4.79 Å². The van der Waals surface area contributed by atoms with E-state index in [4.69, 9.17) is 11.6 Å². The molecule has 0 saturated heterocycles. The first-order chi connectivity index (χ1) is 6.79. The summed E-state index contributed by atoms with van der Waals surface area (Å²) >= 11 is 5.81. The number of allylic oxidation sites excluding steroid dienone is 1. The highest BCUT2D eigenvalue weighted by Crippen LogP contribution is 2.19. The molecule has 1 rings (SSSR count). The molecular weight excluding hydrogens is 200 g/mol. The minimum atomic E-state index is 0.338. The predicted octanol–water partition coefficient (Wildman–Crippen LogP) is 2.75. The third-order valence-electron chi connectivity index (χ3n) is 1.73. The van der Waals surface area contributed by atoms with Gasteiger partial charge in [0.25, 0.3) is 0 Å². The lowest BCUT2D eigenvalue weighted by molar-refractivity contribution is -0.107. The van der Waals surface area contributed by atoms with Crippen molar-refractivity contribution < 1.29 is 9.59 Å². The molecule has 0 heterocycles. The Bertz CT molecular complexity index is 370. The molecule has 0 fully saturated rings. The van der Waals surface area contributed by atoms with E-state index in [0.717, 1.165) is 11.8 Å². The maximum atomic E-state index is 10.7. The van der Waals surface area contributed by atoms with Gasteiger partial charge < -0.3 is 4.79 Å². The zero-order valence-electron chi connectivity index (χ0n) is 7.44. The summed E-state index contributed by atoms with van der Waals surface area (Å²) < 4.78 is 0. The van der Waals surface area contributed by atoms with Gasteiger partial charge in [0.05, 0.1) is 5.02 Å². The Hall–Kier alpha value is -1.41. The van der Waals surface area contributed by atoms with E-state index in [0.29, 0.717) is 23.3 Å². The highest BCUT2D eigenvalue weighted by atomic mass is 35.5. The van der Waals surface area contributed by atoms with Crippen LogP contribution in [0.5, 0.6) is 0 Å². The van der Waals surface area contributed by atoms with Crippen LogP contribution in [0.1, 0.15) is 22.3 Å². The first kappa shape index (κ1) is 10.7. The van der Waals surface area contributed by atoms with E-state index >= 15 is 0 Å². The second kappa shape index (κ2) is 5.35. The predicted molar refractivity (Wildman–Crippen MR) is 56.6 cm³/mol. The Morgan fingerprint density at radius 1 is 1.29 bits per heavy atom. The van der Waals surface area contributed by atoms with Crippen LogP contribution >= 0.6 is 11.6 Å². The monoisotopic (exact) mass is 208 g/mol.